The van der Waals surface area contributed by atoms with Crippen LogP contribution < -0.4 is 0 Å². The van der Waals surface area contributed by atoms with Crippen molar-refractivity contribution in [2.24, 2.45) is 0 Å². The first-order valence-electron chi connectivity index (χ1n) is 3.50. The van der Waals surface area contributed by atoms with E-state index in [4.69, 9.17) is 11.6 Å². The summed E-state index contributed by atoms with van der Waals surface area (Å²) in [6.07, 6.45) is 5.25. The zero-order chi connectivity index (χ0) is 7.83. The van der Waals surface area contributed by atoms with Crippen molar-refractivity contribution in [1.29, 1.82) is 0 Å². The van der Waals surface area contributed by atoms with E-state index in [1.807, 2.05) is 19.1 Å². The molecule has 1 rings (SSSR count). The van der Waals surface area contributed by atoms with Crippen molar-refractivity contribution in [1.82, 2.24) is 0 Å². The van der Waals surface area contributed by atoms with Gasteiger partial charge in [0.05, 0.1) is 5.60 Å². The van der Waals surface area contributed by atoms with Gasteiger partial charge in [0.15, 0.2) is 0 Å². The fourth-order valence-electron chi connectivity index (χ4n) is 1.44. The maximum absolute atomic E-state index is 9.54. The van der Waals surface area contributed by atoms with Gasteiger partial charge in [-0.05, 0) is 26.7 Å². The van der Waals surface area contributed by atoms with Crippen LogP contribution in [-0.2, 0) is 0 Å². The summed E-state index contributed by atoms with van der Waals surface area (Å²) < 4.78 is 0. The molecule has 0 bridgehead atoms. The van der Waals surface area contributed by atoms with Crippen LogP contribution in [0.5, 0.6) is 0 Å². The second kappa shape index (κ2) is 3.54. The van der Waals surface area contributed by atoms with Crippen LogP contribution >= 0.6 is 11.6 Å². The zero-order valence-electron chi connectivity index (χ0n) is 7.39. The van der Waals surface area contributed by atoms with E-state index < -0.39 is 5.60 Å². The van der Waals surface area contributed by atoms with E-state index in [1.165, 1.54) is 0 Å². The first kappa shape index (κ1) is 11.6. The Hall–Kier alpha value is 0.587. The summed E-state index contributed by atoms with van der Waals surface area (Å²) in [6, 6.07) is 0. The average Bonchev–Trinajstić information content (AvgIpc) is 1.56. The number of allylic oxidation sites excluding steroid dienone is 1. The van der Waals surface area contributed by atoms with Crippen molar-refractivity contribution in [3.8, 4) is 0 Å². The molecular formula is C8H13ClLiO. The van der Waals surface area contributed by atoms with Crippen LogP contribution in [0.4, 0.5) is 0 Å². The minimum atomic E-state index is -0.700. The SMILES string of the molecule is CC1(O)C=CCC(C)(Cl)C1.[Li]. The molecule has 11 heavy (non-hydrogen) atoms. The van der Waals surface area contributed by atoms with Crippen molar-refractivity contribution in [3.63, 3.8) is 0 Å². The summed E-state index contributed by atoms with van der Waals surface area (Å²) in [5, 5.41) is 9.54. The van der Waals surface area contributed by atoms with Gasteiger partial charge in [0, 0.05) is 23.7 Å². The van der Waals surface area contributed by atoms with Crippen molar-refractivity contribution < 1.29 is 5.11 Å². The van der Waals surface area contributed by atoms with E-state index in [-0.39, 0.29) is 23.7 Å². The molecule has 1 radical (unpaired) electrons. The van der Waals surface area contributed by atoms with Gasteiger partial charge in [0.25, 0.3) is 0 Å². The summed E-state index contributed by atoms with van der Waals surface area (Å²) in [5.41, 5.74) is -0.700. The molecule has 0 heterocycles. The molecule has 2 unspecified atom stereocenters. The molecule has 1 aliphatic carbocycles. The molecule has 0 aromatic heterocycles. The fraction of sp³-hybridized carbons (Fsp3) is 0.750. The van der Waals surface area contributed by atoms with Gasteiger partial charge in [-0.15, -0.1) is 11.6 Å². The van der Waals surface area contributed by atoms with Gasteiger partial charge in [-0.25, -0.2) is 0 Å². The molecule has 2 atom stereocenters. The quantitative estimate of drug-likeness (QED) is 0.331. The summed E-state index contributed by atoms with van der Waals surface area (Å²) in [4.78, 5) is -0.252. The van der Waals surface area contributed by atoms with E-state index >= 15 is 0 Å². The molecule has 0 saturated carbocycles. The fourth-order valence-corrected chi connectivity index (χ4v) is 1.80. The Bertz CT molecular complexity index is 163. The van der Waals surface area contributed by atoms with Gasteiger partial charge >= 0.3 is 0 Å². The topological polar surface area (TPSA) is 20.2 Å². The third-order valence-corrected chi connectivity index (χ3v) is 2.03. The van der Waals surface area contributed by atoms with Gasteiger partial charge < -0.3 is 5.11 Å². The van der Waals surface area contributed by atoms with Gasteiger partial charge in [-0.2, -0.15) is 0 Å². The number of rotatable bonds is 0. The molecule has 1 N–H and O–H groups in total. The smallest absolute Gasteiger partial charge is 0.0816 e. The molecule has 0 aromatic carbocycles. The first-order chi connectivity index (χ1) is 4.41. The summed E-state index contributed by atoms with van der Waals surface area (Å²) >= 11 is 6.05. The van der Waals surface area contributed by atoms with Gasteiger partial charge in [0.1, 0.15) is 0 Å². The number of hydrogen-bond acceptors (Lipinski definition) is 1. The molecule has 1 aliphatic rings. The maximum atomic E-state index is 9.54. The van der Waals surface area contributed by atoms with Crippen LogP contribution in [0.3, 0.4) is 0 Å². The molecule has 0 aromatic rings. The Morgan fingerprint density at radius 3 is 2.27 bits per heavy atom. The minimum absolute atomic E-state index is 0. The summed E-state index contributed by atoms with van der Waals surface area (Å²) in [7, 11) is 0. The number of alkyl halides is 1. The Balaban J connectivity index is 0.000001000. The van der Waals surface area contributed by atoms with Crippen molar-refractivity contribution >= 4 is 30.5 Å². The summed E-state index contributed by atoms with van der Waals surface area (Å²) in [6.45, 7) is 3.73. The molecular weight excluding hydrogens is 154 g/mol. The normalized spacial score (nSPS) is 43.3. The second-order valence-corrected chi connectivity index (χ2v) is 4.47. The molecule has 0 aliphatic heterocycles. The Morgan fingerprint density at radius 2 is 2.00 bits per heavy atom. The molecule has 59 valence electrons. The van der Waals surface area contributed by atoms with Gasteiger partial charge in [-0.1, -0.05) is 12.2 Å². The molecule has 0 fully saturated rings. The summed E-state index contributed by atoms with van der Waals surface area (Å²) in [5.74, 6) is 0. The first-order valence-corrected chi connectivity index (χ1v) is 3.88. The average molecular weight is 168 g/mol. The van der Waals surface area contributed by atoms with E-state index in [0.29, 0.717) is 6.42 Å². The van der Waals surface area contributed by atoms with Gasteiger partial charge in [-0.3, -0.25) is 0 Å². The second-order valence-electron chi connectivity index (χ2n) is 3.55. The van der Waals surface area contributed by atoms with Crippen LogP contribution in [0.15, 0.2) is 12.2 Å². The monoisotopic (exact) mass is 167 g/mol. The maximum Gasteiger partial charge on any atom is 0.0816 e. The predicted octanol–water partition coefficient (Wildman–Crippen LogP) is 1.70. The van der Waals surface area contributed by atoms with E-state index in [2.05, 4.69) is 0 Å². The third kappa shape index (κ3) is 3.67. The van der Waals surface area contributed by atoms with Crippen molar-refractivity contribution in [3.05, 3.63) is 12.2 Å². The van der Waals surface area contributed by atoms with E-state index in [9.17, 15) is 5.11 Å². The zero-order valence-corrected chi connectivity index (χ0v) is 8.15. The standard InChI is InChI=1S/C8H13ClO.Li/c1-7(9)4-3-5-8(2,10)6-7;/h3,5,10H,4,6H2,1-2H3;. The van der Waals surface area contributed by atoms with Gasteiger partial charge in [0.2, 0.25) is 0 Å². The Kier molecular flexibility index (Phi) is 3.73. The molecule has 0 amide bonds. The third-order valence-electron chi connectivity index (χ3n) is 1.75. The predicted molar refractivity (Wildman–Crippen MR) is 49.0 cm³/mol. The molecule has 3 heteroatoms. The molecule has 1 nitrogen and oxygen atoms in total. The van der Waals surface area contributed by atoms with Crippen LogP contribution in [0.1, 0.15) is 26.7 Å². The number of halogens is 1. The van der Waals surface area contributed by atoms with Crippen LogP contribution in [-0.4, -0.2) is 34.4 Å². The molecule has 0 spiro atoms. The minimum Gasteiger partial charge on any atom is -0.386 e. The number of hydrogen-bond donors (Lipinski definition) is 1. The van der Waals surface area contributed by atoms with Crippen molar-refractivity contribution in [2.45, 2.75) is 37.2 Å². The Labute approximate surface area is 85.0 Å². The van der Waals surface area contributed by atoms with E-state index in [1.54, 1.807) is 6.92 Å². The Morgan fingerprint density at radius 1 is 1.45 bits per heavy atom. The largest absolute Gasteiger partial charge is 0.386 e. The molecule has 0 saturated heterocycles. The van der Waals surface area contributed by atoms with Crippen LogP contribution in [0.2, 0.25) is 0 Å². The van der Waals surface area contributed by atoms with Crippen LogP contribution in [0, 0.1) is 0 Å². The number of aliphatic hydroxyl groups is 1. The van der Waals surface area contributed by atoms with Crippen molar-refractivity contribution in [2.75, 3.05) is 0 Å². The van der Waals surface area contributed by atoms with E-state index in [0.717, 1.165) is 6.42 Å². The van der Waals surface area contributed by atoms with Crippen LogP contribution in [0.25, 0.3) is 0 Å².